The smallest absolute Gasteiger partial charge is 0.0189 e. The first-order chi connectivity index (χ1) is 5.41. The molecule has 0 aliphatic heterocycles. The summed E-state index contributed by atoms with van der Waals surface area (Å²) in [7, 11) is 0. The maximum Gasteiger partial charge on any atom is -0.0189 e. The SMILES string of the molecule is CCCCC=CC=CC=CBr. The van der Waals surface area contributed by atoms with Crippen LogP contribution in [0.4, 0.5) is 0 Å². The van der Waals surface area contributed by atoms with Crippen LogP contribution in [0.25, 0.3) is 0 Å². The Labute approximate surface area is 77.8 Å². The van der Waals surface area contributed by atoms with Crippen LogP contribution in [0.1, 0.15) is 26.2 Å². The van der Waals surface area contributed by atoms with Crippen LogP contribution in [0.5, 0.6) is 0 Å². The van der Waals surface area contributed by atoms with E-state index in [1.807, 2.05) is 23.2 Å². The molecule has 0 heterocycles. The van der Waals surface area contributed by atoms with E-state index in [2.05, 4.69) is 35.0 Å². The molecule has 0 atom stereocenters. The Morgan fingerprint density at radius 1 is 1.09 bits per heavy atom. The van der Waals surface area contributed by atoms with Gasteiger partial charge in [-0.2, -0.15) is 0 Å². The highest BCUT2D eigenvalue weighted by Gasteiger charge is 1.74. The summed E-state index contributed by atoms with van der Waals surface area (Å²) < 4.78 is 0. The second-order valence-corrected chi connectivity index (χ2v) is 2.80. The van der Waals surface area contributed by atoms with E-state index in [4.69, 9.17) is 0 Å². The molecule has 0 N–H and O–H groups in total. The van der Waals surface area contributed by atoms with Gasteiger partial charge in [0, 0.05) is 0 Å². The Morgan fingerprint density at radius 2 is 1.82 bits per heavy atom. The van der Waals surface area contributed by atoms with E-state index in [1.165, 1.54) is 19.3 Å². The van der Waals surface area contributed by atoms with E-state index >= 15 is 0 Å². The van der Waals surface area contributed by atoms with Crippen molar-refractivity contribution in [3.05, 3.63) is 35.4 Å². The van der Waals surface area contributed by atoms with E-state index in [-0.39, 0.29) is 0 Å². The van der Waals surface area contributed by atoms with Gasteiger partial charge in [-0.25, -0.2) is 0 Å². The third kappa shape index (κ3) is 9.70. The summed E-state index contributed by atoms with van der Waals surface area (Å²) in [6.07, 6.45) is 14.0. The average Bonchev–Trinajstić information content (AvgIpc) is 2.03. The van der Waals surface area contributed by atoms with E-state index in [0.29, 0.717) is 0 Å². The molecule has 0 nitrogen and oxygen atoms in total. The van der Waals surface area contributed by atoms with Crippen LogP contribution in [0, 0.1) is 0 Å². The molecule has 0 rings (SSSR count). The molecule has 11 heavy (non-hydrogen) atoms. The van der Waals surface area contributed by atoms with E-state index in [1.54, 1.807) is 0 Å². The Bertz CT molecular complexity index is 143. The first kappa shape index (κ1) is 10.7. The highest BCUT2D eigenvalue weighted by Crippen LogP contribution is 1.94. The van der Waals surface area contributed by atoms with Gasteiger partial charge in [-0.15, -0.1) is 0 Å². The standard InChI is InChI=1S/C10H15Br/c1-2-3-4-5-6-7-8-9-10-11/h5-10H,2-4H2,1H3. The van der Waals surface area contributed by atoms with Gasteiger partial charge < -0.3 is 0 Å². The molecule has 0 aliphatic rings. The Balaban J connectivity index is 3.28. The molecule has 0 aromatic carbocycles. The molecule has 0 bridgehead atoms. The van der Waals surface area contributed by atoms with E-state index in [0.717, 1.165) is 0 Å². The second-order valence-electron chi connectivity index (χ2n) is 2.27. The summed E-state index contributed by atoms with van der Waals surface area (Å²) in [5.74, 6) is 0. The van der Waals surface area contributed by atoms with Crippen LogP contribution in [0.15, 0.2) is 35.4 Å². The number of rotatable bonds is 5. The van der Waals surface area contributed by atoms with Crippen LogP contribution in [0.3, 0.4) is 0 Å². The van der Waals surface area contributed by atoms with Crippen molar-refractivity contribution in [2.75, 3.05) is 0 Å². The summed E-state index contributed by atoms with van der Waals surface area (Å²) >= 11 is 3.19. The number of halogens is 1. The number of hydrogen-bond donors (Lipinski definition) is 0. The molecule has 1 heteroatoms. The molecular formula is C10H15Br. The van der Waals surface area contributed by atoms with E-state index in [9.17, 15) is 0 Å². The molecule has 0 saturated carbocycles. The highest BCUT2D eigenvalue weighted by molar-refractivity contribution is 9.11. The van der Waals surface area contributed by atoms with Crippen molar-refractivity contribution in [3.63, 3.8) is 0 Å². The van der Waals surface area contributed by atoms with Crippen molar-refractivity contribution < 1.29 is 0 Å². The summed E-state index contributed by atoms with van der Waals surface area (Å²) in [5, 5.41) is 0. The fourth-order valence-electron chi connectivity index (χ4n) is 0.667. The lowest BCUT2D eigenvalue weighted by Crippen LogP contribution is -1.64. The normalized spacial score (nSPS) is 12.5. The monoisotopic (exact) mass is 214 g/mol. The maximum absolute atomic E-state index is 3.19. The van der Waals surface area contributed by atoms with Crippen LogP contribution < -0.4 is 0 Å². The molecule has 0 aromatic heterocycles. The van der Waals surface area contributed by atoms with Crippen molar-refractivity contribution >= 4 is 15.9 Å². The molecule has 62 valence electrons. The largest absolute Gasteiger partial charge is 0.0845 e. The van der Waals surface area contributed by atoms with Gasteiger partial charge in [0.05, 0.1) is 0 Å². The minimum absolute atomic E-state index is 1.19. The molecular weight excluding hydrogens is 200 g/mol. The van der Waals surface area contributed by atoms with Gasteiger partial charge in [-0.3, -0.25) is 0 Å². The highest BCUT2D eigenvalue weighted by atomic mass is 79.9. The van der Waals surface area contributed by atoms with Gasteiger partial charge in [0.25, 0.3) is 0 Å². The van der Waals surface area contributed by atoms with Crippen molar-refractivity contribution in [1.29, 1.82) is 0 Å². The lowest BCUT2D eigenvalue weighted by molar-refractivity contribution is 0.815. The summed E-state index contributed by atoms with van der Waals surface area (Å²) in [5.41, 5.74) is 0. The molecule has 0 fully saturated rings. The zero-order valence-corrected chi connectivity index (χ0v) is 8.55. The van der Waals surface area contributed by atoms with Gasteiger partial charge in [0.2, 0.25) is 0 Å². The van der Waals surface area contributed by atoms with Gasteiger partial charge in [-0.05, 0) is 11.4 Å². The van der Waals surface area contributed by atoms with Gasteiger partial charge in [0.1, 0.15) is 0 Å². The molecule has 0 radical (unpaired) electrons. The summed E-state index contributed by atoms with van der Waals surface area (Å²) in [6, 6.07) is 0. The van der Waals surface area contributed by atoms with Gasteiger partial charge in [0.15, 0.2) is 0 Å². The van der Waals surface area contributed by atoms with Crippen molar-refractivity contribution in [2.45, 2.75) is 26.2 Å². The molecule has 0 aromatic rings. The topological polar surface area (TPSA) is 0 Å². The predicted molar refractivity (Wildman–Crippen MR) is 55.9 cm³/mol. The predicted octanol–water partition coefficient (Wildman–Crippen LogP) is 4.20. The quantitative estimate of drug-likeness (QED) is 0.476. The third-order valence-corrected chi connectivity index (χ3v) is 1.57. The van der Waals surface area contributed by atoms with Crippen LogP contribution >= 0.6 is 15.9 Å². The Morgan fingerprint density at radius 3 is 2.45 bits per heavy atom. The van der Waals surface area contributed by atoms with Crippen molar-refractivity contribution in [2.24, 2.45) is 0 Å². The minimum atomic E-state index is 1.19. The van der Waals surface area contributed by atoms with Crippen molar-refractivity contribution in [3.8, 4) is 0 Å². The van der Waals surface area contributed by atoms with Crippen molar-refractivity contribution in [1.82, 2.24) is 0 Å². The third-order valence-electron chi connectivity index (χ3n) is 1.27. The lowest BCUT2D eigenvalue weighted by atomic mass is 10.2. The average molecular weight is 215 g/mol. The van der Waals surface area contributed by atoms with Crippen LogP contribution in [-0.2, 0) is 0 Å². The second kappa shape index (κ2) is 9.70. The number of allylic oxidation sites excluding steroid dienone is 5. The fourth-order valence-corrected chi connectivity index (χ4v) is 0.843. The molecule has 0 aliphatic carbocycles. The first-order valence-electron chi connectivity index (χ1n) is 4.00. The fraction of sp³-hybridized carbons (Fsp3) is 0.400. The molecule has 0 spiro atoms. The van der Waals surface area contributed by atoms with E-state index < -0.39 is 0 Å². The Hall–Kier alpha value is -0.300. The van der Waals surface area contributed by atoms with Crippen LogP contribution in [-0.4, -0.2) is 0 Å². The first-order valence-corrected chi connectivity index (χ1v) is 4.92. The van der Waals surface area contributed by atoms with Gasteiger partial charge in [-0.1, -0.05) is 66.1 Å². The number of unbranched alkanes of at least 4 members (excludes halogenated alkanes) is 2. The zero-order chi connectivity index (χ0) is 8.36. The zero-order valence-electron chi connectivity index (χ0n) is 6.96. The maximum atomic E-state index is 3.19. The summed E-state index contributed by atoms with van der Waals surface area (Å²) in [6.45, 7) is 2.21. The number of hydrogen-bond acceptors (Lipinski definition) is 0. The molecule has 0 unspecified atom stereocenters. The minimum Gasteiger partial charge on any atom is -0.0845 e. The van der Waals surface area contributed by atoms with Crippen LogP contribution in [0.2, 0.25) is 0 Å². The molecule has 0 amide bonds. The Kier molecular flexibility index (Phi) is 9.44. The molecule has 0 saturated heterocycles. The van der Waals surface area contributed by atoms with Gasteiger partial charge >= 0.3 is 0 Å². The lowest BCUT2D eigenvalue weighted by Gasteiger charge is -1.84. The summed E-state index contributed by atoms with van der Waals surface area (Å²) in [4.78, 5) is 1.84.